The van der Waals surface area contributed by atoms with Crippen LogP contribution in [0.25, 0.3) is 17.1 Å². The highest BCUT2D eigenvalue weighted by atomic mass is 32.2. The number of urea groups is 1. The van der Waals surface area contributed by atoms with E-state index >= 15 is 0 Å². The van der Waals surface area contributed by atoms with E-state index in [1.165, 1.54) is 59.0 Å². The minimum absolute atomic E-state index is 0.133. The Morgan fingerprint density at radius 3 is 2.64 bits per heavy atom. The molecule has 3 aromatic carbocycles. The molecule has 1 saturated heterocycles. The lowest BCUT2D eigenvalue weighted by Gasteiger charge is -2.25. The first-order chi connectivity index (χ1) is 21.6. The summed E-state index contributed by atoms with van der Waals surface area (Å²) in [7, 11) is 1.53. The van der Waals surface area contributed by atoms with Gasteiger partial charge in [0.2, 0.25) is 5.91 Å². The average Bonchev–Trinajstić information content (AvgIpc) is 3.63. The van der Waals surface area contributed by atoms with Crippen molar-refractivity contribution in [3.8, 4) is 28.6 Å². The Kier molecular flexibility index (Phi) is 8.23. The lowest BCUT2D eigenvalue weighted by atomic mass is 9.87. The summed E-state index contributed by atoms with van der Waals surface area (Å²) in [6.45, 7) is 1.91. The number of carbonyl (C=O) groups excluding carboxylic acids is 2. The molecule has 4 aromatic rings. The van der Waals surface area contributed by atoms with Gasteiger partial charge >= 0.3 is 12.4 Å². The number of hydrogen-bond acceptors (Lipinski definition) is 7. The van der Waals surface area contributed by atoms with Gasteiger partial charge in [-0.15, -0.1) is 18.3 Å². The number of methoxy groups -OCH3 is 1. The molecule has 2 heterocycles. The standard InChI is InChI=1S/C31H27F3N6O4S/c1-18-3-12-26(43-2)25(13-18)40-27(41)16-45-30(40)37-29(42)36-22-7-6-19-14-21(5-4-20(19)15-22)28-35-17-39(38-28)23-8-10-24(11-9-23)44-31(32,33)34/h3-5,8-14,17,22H,6-7,15-16H2,1-2H3,(H,36,42)/b37-30-. The van der Waals surface area contributed by atoms with Crippen LogP contribution in [0.3, 0.4) is 0 Å². The number of aromatic nitrogens is 3. The van der Waals surface area contributed by atoms with Crippen LogP contribution in [0.2, 0.25) is 0 Å². The summed E-state index contributed by atoms with van der Waals surface area (Å²) in [6.07, 6.45) is -1.24. The highest BCUT2D eigenvalue weighted by Gasteiger charge is 2.33. The van der Waals surface area contributed by atoms with Gasteiger partial charge in [0.05, 0.1) is 24.2 Å². The zero-order chi connectivity index (χ0) is 31.7. The number of halogens is 3. The molecule has 1 fully saturated rings. The third-order valence-electron chi connectivity index (χ3n) is 7.39. The van der Waals surface area contributed by atoms with E-state index in [9.17, 15) is 22.8 Å². The van der Waals surface area contributed by atoms with Crippen molar-refractivity contribution < 1.29 is 32.2 Å². The Bertz CT molecular complexity index is 1790. The number of aliphatic imine (C=N–C) groups is 1. The van der Waals surface area contributed by atoms with E-state index in [1.54, 1.807) is 6.07 Å². The number of anilines is 1. The number of rotatable bonds is 6. The second-order valence-corrected chi connectivity index (χ2v) is 11.5. The molecule has 1 aromatic heterocycles. The maximum atomic E-state index is 13.0. The number of nitrogens with zero attached hydrogens (tertiary/aromatic N) is 5. The summed E-state index contributed by atoms with van der Waals surface area (Å²) in [4.78, 5) is 35.7. The molecule has 3 amide bonds. The van der Waals surface area contributed by atoms with Gasteiger partial charge < -0.3 is 14.8 Å². The van der Waals surface area contributed by atoms with Gasteiger partial charge in [0, 0.05) is 11.6 Å². The average molecular weight is 637 g/mol. The van der Waals surface area contributed by atoms with Gasteiger partial charge in [-0.1, -0.05) is 30.0 Å². The van der Waals surface area contributed by atoms with Gasteiger partial charge in [0.25, 0.3) is 0 Å². The fourth-order valence-electron chi connectivity index (χ4n) is 5.29. The third kappa shape index (κ3) is 6.80. The van der Waals surface area contributed by atoms with Crippen molar-refractivity contribution in [2.45, 2.75) is 38.6 Å². The van der Waals surface area contributed by atoms with E-state index in [0.717, 1.165) is 22.3 Å². The summed E-state index contributed by atoms with van der Waals surface area (Å²) in [5.74, 6) is 0.672. The normalized spacial score (nSPS) is 17.4. The lowest BCUT2D eigenvalue weighted by molar-refractivity contribution is -0.274. The first-order valence-corrected chi connectivity index (χ1v) is 14.9. The number of thioether (sulfide) groups is 1. The molecule has 232 valence electrons. The Labute approximate surface area is 260 Å². The molecular weight excluding hydrogens is 609 g/mol. The molecule has 0 radical (unpaired) electrons. The van der Waals surface area contributed by atoms with Gasteiger partial charge in [-0.3, -0.25) is 9.69 Å². The third-order valence-corrected chi connectivity index (χ3v) is 8.31. The minimum atomic E-state index is -4.76. The van der Waals surface area contributed by atoms with E-state index in [-0.39, 0.29) is 23.5 Å². The molecule has 45 heavy (non-hydrogen) atoms. The quantitative estimate of drug-likeness (QED) is 0.283. The number of alkyl halides is 3. The number of carbonyl (C=O) groups is 2. The summed E-state index contributed by atoms with van der Waals surface area (Å²) in [5.41, 5.74) is 5.02. The Morgan fingerprint density at radius 1 is 1.09 bits per heavy atom. The number of nitrogens with one attached hydrogen (secondary N) is 1. The SMILES string of the molecule is COc1ccc(C)cc1N1C(=O)CS/C1=N\C(=O)NC1CCc2cc(-c3ncn(-c4ccc(OC(F)(F)F)cc4)n3)ccc2C1. The molecule has 0 saturated carbocycles. The van der Waals surface area contributed by atoms with Crippen molar-refractivity contribution in [1.29, 1.82) is 0 Å². The highest BCUT2D eigenvalue weighted by Crippen LogP contribution is 2.35. The van der Waals surface area contributed by atoms with Crippen molar-refractivity contribution in [2.24, 2.45) is 4.99 Å². The van der Waals surface area contributed by atoms with Crippen molar-refractivity contribution >= 4 is 34.6 Å². The van der Waals surface area contributed by atoms with Crippen LogP contribution in [0.1, 0.15) is 23.1 Å². The van der Waals surface area contributed by atoms with Gasteiger partial charge in [-0.05, 0) is 85.3 Å². The van der Waals surface area contributed by atoms with Gasteiger partial charge in [0.1, 0.15) is 17.8 Å². The predicted molar refractivity (Wildman–Crippen MR) is 163 cm³/mol. The molecule has 6 rings (SSSR count). The summed E-state index contributed by atoms with van der Waals surface area (Å²) in [5, 5.41) is 7.78. The Balaban J connectivity index is 1.11. The van der Waals surface area contributed by atoms with Gasteiger partial charge in [0.15, 0.2) is 11.0 Å². The van der Waals surface area contributed by atoms with E-state index in [0.29, 0.717) is 47.4 Å². The fraction of sp³-hybridized carbons (Fsp3) is 0.258. The largest absolute Gasteiger partial charge is 0.573 e. The molecule has 1 atom stereocenters. The van der Waals surface area contributed by atoms with E-state index < -0.39 is 12.4 Å². The number of aryl methyl sites for hydroxylation is 2. The minimum Gasteiger partial charge on any atom is -0.495 e. The Hall–Kier alpha value is -4.85. The second-order valence-electron chi connectivity index (χ2n) is 10.5. The molecule has 0 spiro atoms. The van der Waals surface area contributed by atoms with E-state index in [2.05, 4.69) is 25.1 Å². The van der Waals surface area contributed by atoms with Crippen molar-refractivity contribution in [3.63, 3.8) is 0 Å². The van der Waals surface area contributed by atoms with E-state index in [4.69, 9.17) is 4.74 Å². The number of amides is 3. The lowest BCUT2D eigenvalue weighted by Crippen LogP contribution is -2.38. The van der Waals surface area contributed by atoms with Gasteiger partial charge in [-0.2, -0.15) is 4.99 Å². The summed E-state index contributed by atoms with van der Waals surface area (Å²) >= 11 is 1.21. The molecule has 0 bridgehead atoms. The molecule has 14 heteroatoms. The van der Waals surface area contributed by atoms with Crippen LogP contribution in [0.15, 0.2) is 72.0 Å². The zero-order valence-electron chi connectivity index (χ0n) is 24.2. The van der Waals surface area contributed by atoms with E-state index in [1.807, 2.05) is 37.3 Å². The van der Waals surface area contributed by atoms with Crippen LogP contribution in [0, 0.1) is 6.92 Å². The Morgan fingerprint density at radius 2 is 1.89 bits per heavy atom. The van der Waals surface area contributed by atoms with Crippen LogP contribution in [0.5, 0.6) is 11.5 Å². The molecule has 1 unspecified atom stereocenters. The fourth-order valence-corrected chi connectivity index (χ4v) is 6.15. The highest BCUT2D eigenvalue weighted by molar-refractivity contribution is 8.15. The molecule has 10 nitrogen and oxygen atoms in total. The van der Waals surface area contributed by atoms with Crippen LogP contribution in [0.4, 0.5) is 23.7 Å². The first-order valence-electron chi connectivity index (χ1n) is 14.0. The molecule has 2 aliphatic rings. The number of hydrogen-bond donors (Lipinski definition) is 1. The maximum absolute atomic E-state index is 13.0. The van der Waals surface area contributed by atoms with Crippen LogP contribution in [-0.4, -0.2) is 57.1 Å². The predicted octanol–water partition coefficient (Wildman–Crippen LogP) is 5.85. The number of benzene rings is 3. The van der Waals surface area contributed by atoms with Crippen LogP contribution < -0.4 is 19.7 Å². The first kappa shape index (κ1) is 30.2. The maximum Gasteiger partial charge on any atom is 0.573 e. The molecule has 1 aliphatic heterocycles. The topological polar surface area (TPSA) is 111 Å². The molecule has 1 aliphatic carbocycles. The molecular formula is C31H27F3N6O4S. The van der Waals surface area contributed by atoms with Gasteiger partial charge in [-0.25, -0.2) is 14.5 Å². The monoisotopic (exact) mass is 636 g/mol. The second kappa shape index (κ2) is 12.3. The zero-order valence-corrected chi connectivity index (χ0v) is 25.0. The van der Waals surface area contributed by atoms with Crippen LogP contribution in [-0.2, 0) is 17.6 Å². The van der Waals surface area contributed by atoms with Crippen LogP contribution >= 0.6 is 11.8 Å². The number of amidine groups is 1. The summed E-state index contributed by atoms with van der Waals surface area (Å²) < 4.78 is 48.2. The van der Waals surface area contributed by atoms with Crippen molar-refractivity contribution in [3.05, 3.63) is 83.7 Å². The number of fused-ring (bicyclic) bond motifs is 1. The molecule has 1 N–H and O–H groups in total. The number of ether oxygens (including phenoxy) is 2. The van der Waals surface area contributed by atoms with Crippen molar-refractivity contribution in [1.82, 2.24) is 20.1 Å². The summed E-state index contributed by atoms with van der Waals surface area (Å²) in [6, 6.07) is 16.1. The smallest absolute Gasteiger partial charge is 0.495 e. The van der Waals surface area contributed by atoms with Crippen molar-refractivity contribution in [2.75, 3.05) is 17.8 Å².